The molecule has 2 atom stereocenters. The van der Waals surface area contributed by atoms with Gasteiger partial charge in [0.25, 0.3) is 0 Å². The lowest BCUT2D eigenvalue weighted by Gasteiger charge is -2.49. The summed E-state index contributed by atoms with van der Waals surface area (Å²) in [7, 11) is 0. The summed E-state index contributed by atoms with van der Waals surface area (Å²) in [6, 6.07) is -0.183. The monoisotopic (exact) mass is 282 g/mol. The molecule has 0 aromatic carbocycles. The van der Waals surface area contributed by atoms with Gasteiger partial charge in [-0.3, -0.25) is 9.59 Å². The Bertz CT molecular complexity index is 361. The first kappa shape index (κ1) is 17.0. The van der Waals surface area contributed by atoms with E-state index in [4.69, 9.17) is 0 Å². The minimum atomic E-state index is -0.703. The lowest BCUT2D eigenvalue weighted by Crippen LogP contribution is -2.72. The molecule has 0 aromatic rings. The van der Waals surface area contributed by atoms with Gasteiger partial charge in [0.05, 0.1) is 0 Å². The molecule has 1 rings (SSSR count). The van der Waals surface area contributed by atoms with E-state index in [0.29, 0.717) is 25.2 Å². The molecular formula is C16H30N2O2. The lowest BCUT2D eigenvalue weighted by atomic mass is 9.84. The van der Waals surface area contributed by atoms with E-state index in [1.165, 1.54) is 0 Å². The number of rotatable bonds is 6. The van der Waals surface area contributed by atoms with Crippen molar-refractivity contribution in [2.75, 3.05) is 0 Å². The van der Waals surface area contributed by atoms with E-state index in [1.54, 1.807) is 0 Å². The van der Waals surface area contributed by atoms with Crippen molar-refractivity contribution in [1.29, 1.82) is 0 Å². The number of hydrogen-bond acceptors (Lipinski definition) is 2. The van der Waals surface area contributed by atoms with Gasteiger partial charge >= 0.3 is 0 Å². The van der Waals surface area contributed by atoms with E-state index in [1.807, 2.05) is 25.7 Å². The molecule has 1 N–H and O–H groups in total. The number of hydrogen-bond donors (Lipinski definition) is 1. The van der Waals surface area contributed by atoms with Gasteiger partial charge < -0.3 is 10.2 Å². The molecule has 0 saturated carbocycles. The molecule has 4 heteroatoms. The Balaban J connectivity index is 3.25. The van der Waals surface area contributed by atoms with Crippen LogP contribution in [0.5, 0.6) is 0 Å². The largest absolute Gasteiger partial charge is 0.340 e. The van der Waals surface area contributed by atoms with Crippen molar-refractivity contribution < 1.29 is 9.59 Å². The Kier molecular flexibility index (Phi) is 5.60. The van der Waals surface area contributed by atoms with Gasteiger partial charge in [0.15, 0.2) is 0 Å². The second-order valence-corrected chi connectivity index (χ2v) is 6.13. The van der Waals surface area contributed by atoms with Crippen LogP contribution in [0.25, 0.3) is 0 Å². The number of carbonyl (C=O) groups excluding carboxylic acids is 2. The average Bonchev–Trinajstić information content (AvgIpc) is 2.42. The van der Waals surface area contributed by atoms with Gasteiger partial charge in [0, 0.05) is 6.04 Å². The van der Waals surface area contributed by atoms with Gasteiger partial charge in [-0.1, -0.05) is 41.5 Å². The molecule has 0 aliphatic carbocycles. The third-order valence-electron chi connectivity index (χ3n) is 4.78. The highest BCUT2D eigenvalue weighted by Gasteiger charge is 2.50. The zero-order chi connectivity index (χ0) is 15.5. The summed E-state index contributed by atoms with van der Waals surface area (Å²) >= 11 is 0. The number of piperazine rings is 1. The molecule has 1 fully saturated rings. The quantitative estimate of drug-likeness (QED) is 0.814. The smallest absolute Gasteiger partial charge is 0.249 e. The molecular weight excluding hydrogens is 252 g/mol. The molecule has 0 spiro atoms. The van der Waals surface area contributed by atoms with Crippen molar-refractivity contribution in [2.45, 2.75) is 84.8 Å². The number of nitrogens with zero attached hydrogens (tertiary/aromatic N) is 1. The second kappa shape index (κ2) is 6.59. The summed E-state index contributed by atoms with van der Waals surface area (Å²) in [4.78, 5) is 27.4. The van der Waals surface area contributed by atoms with E-state index in [9.17, 15) is 9.59 Å². The fourth-order valence-electron chi connectivity index (χ4n) is 3.37. The summed E-state index contributed by atoms with van der Waals surface area (Å²) in [6.07, 6.45) is 2.85. The van der Waals surface area contributed by atoms with Crippen LogP contribution in [0.1, 0.15) is 67.2 Å². The van der Waals surface area contributed by atoms with E-state index in [2.05, 4.69) is 26.1 Å². The number of nitrogens with one attached hydrogen (secondary N) is 1. The van der Waals surface area contributed by atoms with Gasteiger partial charge in [-0.25, -0.2) is 0 Å². The van der Waals surface area contributed by atoms with Crippen molar-refractivity contribution >= 4 is 11.8 Å². The van der Waals surface area contributed by atoms with Crippen LogP contribution in [-0.4, -0.2) is 34.3 Å². The van der Waals surface area contributed by atoms with Crippen LogP contribution in [0.2, 0.25) is 0 Å². The summed E-state index contributed by atoms with van der Waals surface area (Å²) in [6.45, 7) is 12.3. The minimum Gasteiger partial charge on any atom is -0.340 e. The first-order valence-corrected chi connectivity index (χ1v) is 8.03. The Morgan fingerprint density at radius 2 is 1.70 bits per heavy atom. The highest BCUT2D eigenvalue weighted by molar-refractivity contribution is 6.00. The lowest BCUT2D eigenvalue weighted by molar-refractivity contribution is -0.160. The van der Waals surface area contributed by atoms with E-state index in [0.717, 1.165) is 6.42 Å². The van der Waals surface area contributed by atoms with Crippen molar-refractivity contribution in [3.8, 4) is 0 Å². The minimum absolute atomic E-state index is 0.00917. The average molecular weight is 282 g/mol. The standard InChI is InChI=1S/C16H30N2O2/c1-7-12(11(5)6)18-13(8-2)14(19)17-16(9-3,10-4)15(18)20/h11-13H,7-10H2,1-6H3,(H,17,19). The van der Waals surface area contributed by atoms with Crippen molar-refractivity contribution in [2.24, 2.45) is 5.92 Å². The molecule has 0 radical (unpaired) electrons. The maximum atomic E-state index is 13.0. The molecule has 1 heterocycles. The molecule has 0 aromatic heterocycles. The molecule has 1 saturated heterocycles. The van der Waals surface area contributed by atoms with Crippen LogP contribution in [0.15, 0.2) is 0 Å². The summed E-state index contributed by atoms with van der Waals surface area (Å²) < 4.78 is 0. The Hall–Kier alpha value is -1.06. The van der Waals surface area contributed by atoms with Crippen LogP contribution >= 0.6 is 0 Å². The van der Waals surface area contributed by atoms with Crippen LogP contribution in [0.3, 0.4) is 0 Å². The van der Waals surface area contributed by atoms with Gasteiger partial charge in [0.1, 0.15) is 11.6 Å². The summed E-state index contributed by atoms with van der Waals surface area (Å²) in [5, 5.41) is 3.00. The number of carbonyl (C=O) groups is 2. The van der Waals surface area contributed by atoms with Crippen molar-refractivity contribution in [3.63, 3.8) is 0 Å². The normalized spacial score (nSPS) is 23.9. The van der Waals surface area contributed by atoms with Crippen molar-refractivity contribution in [1.82, 2.24) is 10.2 Å². The predicted octanol–water partition coefficient (Wildman–Crippen LogP) is 2.72. The Morgan fingerprint density at radius 3 is 2.05 bits per heavy atom. The molecule has 4 nitrogen and oxygen atoms in total. The molecule has 1 aliphatic heterocycles. The SMILES string of the molecule is CCC1C(=O)NC(CC)(CC)C(=O)N1C(CC)C(C)C. The fourth-order valence-corrected chi connectivity index (χ4v) is 3.37. The maximum absolute atomic E-state index is 13.0. The van der Waals surface area contributed by atoms with E-state index in [-0.39, 0.29) is 23.9 Å². The third-order valence-corrected chi connectivity index (χ3v) is 4.78. The first-order valence-electron chi connectivity index (χ1n) is 8.03. The van der Waals surface area contributed by atoms with E-state index >= 15 is 0 Å². The van der Waals surface area contributed by atoms with Crippen LogP contribution in [0, 0.1) is 5.92 Å². The van der Waals surface area contributed by atoms with E-state index < -0.39 is 5.54 Å². The van der Waals surface area contributed by atoms with Gasteiger partial charge in [0.2, 0.25) is 11.8 Å². The Morgan fingerprint density at radius 1 is 1.15 bits per heavy atom. The van der Waals surface area contributed by atoms with Gasteiger partial charge in [-0.15, -0.1) is 0 Å². The molecule has 2 unspecified atom stereocenters. The highest BCUT2D eigenvalue weighted by Crippen LogP contribution is 2.30. The van der Waals surface area contributed by atoms with Crippen molar-refractivity contribution in [3.05, 3.63) is 0 Å². The molecule has 2 amide bonds. The second-order valence-electron chi connectivity index (χ2n) is 6.13. The number of amides is 2. The van der Waals surface area contributed by atoms with Gasteiger partial charge in [-0.05, 0) is 31.6 Å². The Labute approximate surface area is 123 Å². The first-order chi connectivity index (χ1) is 9.38. The molecule has 1 aliphatic rings. The predicted molar refractivity (Wildman–Crippen MR) is 81.3 cm³/mol. The van der Waals surface area contributed by atoms with Crippen LogP contribution < -0.4 is 5.32 Å². The zero-order valence-corrected chi connectivity index (χ0v) is 13.8. The summed E-state index contributed by atoms with van der Waals surface area (Å²) in [5.74, 6) is 0.472. The molecule has 0 bridgehead atoms. The van der Waals surface area contributed by atoms with Crippen LogP contribution in [-0.2, 0) is 9.59 Å². The summed E-state index contributed by atoms with van der Waals surface area (Å²) in [5.41, 5.74) is -0.703. The zero-order valence-electron chi connectivity index (χ0n) is 13.8. The maximum Gasteiger partial charge on any atom is 0.249 e. The van der Waals surface area contributed by atoms with Crippen LogP contribution in [0.4, 0.5) is 0 Å². The third kappa shape index (κ3) is 2.70. The van der Waals surface area contributed by atoms with Gasteiger partial charge in [-0.2, -0.15) is 0 Å². The molecule has 20 heavy (non-hydrogen) atoms. The fraction of sp³-hybridized carbons (Fsp3) is 0.875. The highest BCUT2D eigenvalue weighted by atomic mass is 16.2. The topological polar surface area (TPSA) is 49.4 Å². The molecule has 116 valence electrons.